The number of fused-ring (bicyclic) bond motifs is 2. The maximum atomic E-state index is 5.59. The number of nitrogens with zero attached hydrogens (tertiary/aromatic N) is 2. The summed E-state index contributed by atoms with van der Waals surface area (Å²) >= 11 is 0. The Morgan fingerprint density at radius 1 is 1.06 bits per heavy atom. The van der Waals surface area contributed by atoms with E-state index in [4.69, 9.17) is 8.83 Å². The number of hydrogen-bond donors (Lipinski definition) is 0. The highest BCUT2D eigenvalue weighted by molar-refractivity contribution is 5.99. The van der Waals surface area contributed by atoms with Gasteiger partial charge in [-0.3, -0.25) is 9.97 Å². The van der Waals surface area contributed by atoms with Crippen molar-refractivity contribution in [3.63, 3.8) is 0 Å². The molecule has 4 aromatic rings. The first-order chi connectivity index (χ1) is 8.93. The molecule has 0 amide bonds. The molecular formula is C14H7N2O2. The van der Waals surface area contributed by atoms with E-state index >= 15 is 0 Å². The summed E-state index contributed by atoms with van der Waals surface area (Å²) < 4.78 is 11.0. The van der Waals surface area contributed by atoms with Crippen LogP contribution in [-0.4, -0.2) is 9.97 Å². The van der Waals surface area contributed by atoms with E-state index in [0.717, 1.165) is 16.2 Å². The average molecular weight is 235 g/mol. The number of rotatable bonds is 1. The summed E-state index contributed by atoms with van der Waals surface area (Å²) in [6, 6.07) is 5.69. The molecule has 0 aliphatic rings. The van der Waals surface area contributed by atoms with Crippen LogP contribution in [0.2, 0.25) is 0 Å². The SMILES string of the molecule is [c]1oc(-c2occ3ccncc23)c2cccnc12. The Balaban J connectivity index is 2.08. The summed E-state index contributed by atoms with van der Waals surface area (Å²) in [4.78, 5) is 8.29. The molecular weight excluding hydrogens is 228 g/mol. The number of hydrogen-bond acceptors (Lipinski definition) is 4. The Kier molecular flexibility index (Phi) is 1.80. The van der Waals surface area contributed by atoms with Crippen molar-refractivity contribution in [2.45, 2.75) is 0 Å². The molecule has 0 aromatic carbocycles. The monoisotopic (exact) mass is 235 g/mol. The van der Waals surface area contributed by atoms with E-state index in [1.807, 2.05) is 18.2 Å². The van der Waals surface area contributed by atoms with Crippen molar-refractivity contribution in [1.82, 2.24) is 9.97 Å². The van der Waals surface area contributed by atoms with E-state index in [0.29, 0.717) is 17.0 Å². The first-order valence-electron chi connectivity index (χ1n) is 5.50. The van der Waals surface area contributed by atoms with Gasteiger partial charge in [-0.15, -0.1) is 0 Å². The van der Waals surface area contributed by atoms with Gasteiger partial charge in [0.2, 0.25) is 0 Å². The summed E-state index contributed by atoms with van der Waals surface area (Å²) in [6.07, 6.45) is 9.67. The van der Waals surface area contributed by atoms with Gasteiger partial charge in [0.05, 0.1) is 11.6 Å². The normalized spacial score (nSPS) is 11.3. The topological polar surface area (TPSA) is 52.1 Å². The molecule has 0 fully saturated rings. The number of pyridine rings is 2. The Hall–Kier alpha value is -2.62. The molecule has 0 aliphatic heterocycles. The molecule has 0 aliphatic carbocycles. The smallest absolute Gasteiger partial charge is 0.198 e. The van der Waals surface area contributed by atoms with Crippen molar-refractivity contribution >= 4 is 21.7 Å². The van der Waals surface area contributed by atoms with Crippen LogP contribution in [0.1, 0.15) is 0 Å². The van der Waals surface area contributed by atoms with E-state index < -0.39 is 0 Å². The van der Waals surface area contributed by atoms with E-state index in [2.05, 4.69) is 16.2 Å². The highest BCUT2D eigenvalue weighted by atomic mass is 16.4. The predicted octanol–water partition coefficient (Wildman–Crippen LogP) is 3.44. The lowest BCUT2D eigenvalue weighted by atomic mass is 10.1. The molecule has 0 saturated carbocycles. The minimum absolute atomic E-state index is 0.640. The quantitative estimate of drug-likeness (QED) is 0.507. The van der Waals surface area contributed by atoms with Crippen LogP contribution in [0.25, 0.3) is 33.2 Å². The van der Waals surface area contributed by atoms with Crippen LogP contribution < -0.4 is 0 Å². The molecule has 4 nitrogen and oxygen atoms in total. The standard InChI is InChI=1S/C14H7N2O2/c1-2-10-12(16-4-1)8-18-13(10)14-11-6-15-5-3-9(11)7-17-14/h1-7H. The molecule has 0 unspecified atom stereocenters. The Labute approximate surface area is 102 Å². The third kappa shape index (κ3) is 1.20. The molecule has 4 heteroatoms. The molecule has 1 radical (unpaired) electrons. The van der Waals surface area contributed by atoms with E-state index in [9.17, 15) is 0 Å². The van der Waals surface area contributed by atoms with Gasteiger partial charge < -0.3 is 8.83 Å². The van der Waals surface area contributed by atoms with Gasteiger partial charge in [0.15, 0.2) is 17.8 Å². The van der Waals surface area contributed by atoms with Gasteiger partial charge in [-0.1, -0.05) is 0 Å². The minimum atomic E-state index is 0.640. The Morgan fingerprint density at radius 3 is 3.06 bits per heavy atom. The van der Waals surface area contributed by atoms with Crippen LogP contribution in [0.3, 0.4) is 0 Å². The first-order valence-corrected chi connectivity index (χ1v) is 5.50. The van der Waals surface area contributed by atoms with Gasteiger partial charge >= 0.3 is 0 Å². The van der Waals surface area contributed by atoms with Gasteiger partial charge in [0, 0.05) is 29.4 Å². The molecule has 0 spiro atoms. The summed E-state index contributed by atoms with van der Waals surface area (Å²) in [6.45, 7) is 0. The van der Waals surface area contributed by atoms with Crippen LogP contribution >= 0.6 is 0 Å². The van der Waals surface area contributed by atoms with Gasteiger partial charge in [-0.05, 0) is 18.2 Å². The third-order valence-electron chi connectivity index (χ3n) is 2.91. The molecule has 0 bridgehead atoms. The molecule has 4 heterocycles. The maximum absolute atomic E-state index is 5.59. The summed E-state index contributed by atoms with van der Waals surface area (Å²) in [5.41, 5.74) is 0.695. The highest BCUT2D eigenvalue weighted by Crippen LogP contribution is 2.34. The highest BCUT2D eigenvalue weighted by Gasteiger charge is 2.16. The second-order valence-corrected chi connectivity index (χ2v) is 3.96. The predicted molar refractivity (Wildman–Crippen MR) is 65.8 cm³/mol. The number of furan rings is 2. The van der Waals surface area contributed by atoms with Crippen LogP contribution in [0.5, 0.6) is 0 Å². The van der Waals surface area contributed by atoms with Gasteiger partial charge in [0.25, 0.3) is 0 Å². The molecule has 85 valence electrons. The fourth-order valence-electron chi connectivity index (χ4n) is 2.05. The zero-order valence-electron chi connectivity index (χ0n) is 9.25. The van der Waals surface area contributed by atoms with Crippen LogP contribution in [-0.2, 0) is 0 Å². The molecule has 0 saturated heterocycles. The second-order valence-electron chi connectivity index (χ2n) is 3.96. The van der Waals surface area contributed by atoms with E-state index in [1.165, 1.54) is 0 Å². The summed E-state index contributed by atoms with van der Waals surface area (Å²) in [5, 5.41) is 2.80. The molecule has 0 N–H and O–H groups in total. The zero-order valence-corrected chi connectivity index (χ0v) is 9.25. The largest absolute Gasteiger partial charge is 0.460 e. The van der Waals surface area contributed by atoms with Crippen molar-refractivity contribution in [3.05, 3.63) is 49.3 Å². The number of aromatic nitrogens is 2. The fraction of sp³-hybridized carbons (Fsp3) is 0. The van der Waals surface area contributed by atoms with E-state index in [-0.39, 0.29) is 0 Å². The Bertz CT molecular complexity index is 773. The van der Waals surface area contributed by atoms with Crippen molar-refractivity contribution in [2.24, 2.45) is 0 Å². The van der Waals surface area contributed by atoms with Crippen LogP contribution in [0.4, 0.5) is 0 Å². The van der Waals surface area contributed by atoms with Crippen LogP contribution in [0, 0.1) is 6.26 Å². The van der Waals surface area contributed by atoms with E-state index in [1.54, 1.807) is 24.9 Å². The van der Waals surface area contributed by atoms with Crippen LogP contribution in [0.15, 0.2) is 51.9 Å². The maximum Gasteiger partial charge on any atom is 0.198 e. The van der Waals surface area contributed by atoms with Crippen molar-refractivity contribution in [2.75, 3.05) is 0 Å². The summed E-state index contributed by atoms with van der Waals surface area (Å²) in [7, 11) is 0. The minimum Gasteiger partial charge on any atom is -0.460 e. The lowest BCUT2D eigenvalue weighted by molar-refractivity contribution is 0.526. The van der Waals surface area contributed by atoms with Gasteiger partial charge in [-0.25, -0.2) is 0 Å². The lowest BCUT2D eigenvalue weighted by Gasteiger charge is -1.93. The molecule has 18 heavy (non-hydrogen) atoms. The molecule has 0 atom stereocenters. The second kappa shape index (κ2) is 3.43. The Morgan fingerprint density at radius 2 is 2.06 bits per heavy atom. The van der Waals surface area contributed by atoms with Gasteiger partial charge in [0.1, 0.15) is 5.52 Å². The molecule has 4 aromatic heterocycles. The summed E-state index contributed by atoms with van der Waals surface area (Å²) in [5.74, 6) is 1.30. The average Bonchev–Trinajstić information content (AvgIpc) is 3.01. The lowest BCUT2D eigenvalue weighted by Crippen LogP contribution is -1.75. The van der Waals surface area contributed by atoms with Crippen molar-refractivity contribution in [3.8, 4) is 11.5 Å². The fourth-order valence-corrected chi connectivity index (χ4v) is 2.05. The van der Waals surface area contributed by atoms with Gasteiger partial charge in [-0.2, -0.15) is 0 Å². The van der Waals surface area contributed by atoms with Crippen molar-refractivity contribution in [1.29, 1.82) is 0 Å². The molecule has 4 rings (SSSR count). The third-order valence-corrected chi connectivity index (χ3v) is 2.91. The zero-order chi connectivity index (χ0) is 11.9. The first kappa shape index (κ1) is 9.41. The van der Waals surface area contributed by atoms with Crippen molar-refractivity contribution < 1.29 is 8.83 Å².